The molecule has 1 rings (SSSR count). The van der Waals surface area contributed by atoms with Crippen LogP contribution in [0.1, 0.15) is 13.3 Å². The van der Waals surface area contributed by atoms with Gasteiger partial charge in [-0.1, -0.05) is 0 Å². The molecule has 0 N–H and O–H groups in total. The van der Waals surface area contributed by atoms with Crippen LogP contribution in [0.25, 0.3) is 0 Å². The van der Waals surface area contributed by atoms with Crippen molar-refractivity contribution in [3.63, 3.8) is 0 Å². The predicted octanol–water partition coefficient (Wildman–Crippen LogP) is 2.24. The third-order valence-electron chi connectivity index (χ3n) is 2.38. The van der Waals surface area contributed by atoms with E-state index >= 15 is 0 Å². The molecule has 1 heterocycles. The quantitative estimate of drug-likeness (QED) is 0.453. The van der Waals surface area contributed by atoms with E-state index in [-0.39, 0.29) is 18.1 Å². The van der Waals surface area contributed by atoms with Gasteiger partial charge < -0.3 is 4.90 Å². The van der Waals surface area contributed by atoms with Gasteiger partial charge in [0, 0.05) is 32.1 Å². The van der Waals surface area contributed by atoms with Gasteiger partial charge in [0.1, 0.15) is 0 Å². The molecule has 0 aromatic heterocycles. The summed E-state index contributed by atoms with van der Waals surface area (Å²) >= 11 is 5.79. The molecule has 0 saturated heterocycles. The highest BCUT2D eigenvalue weighted by Crippen LogP contribution is 2.15. The Balaban J connectivity index is 3.22. The number of nitrogens with zero attached hydrogens (tertiary/aromatic N) is 4. The highest BCUT2D eigenvalue weighted by atomic mass is 35.5. The molecule has 0 aliphatic carbocycles. The number of hydrogen-bond acceptors (Lipinski definition) is 5. The first kappa shape index (κ1) is 16.0. The molecule has 0 saturated carbocycles. The van der Waals surface area contributed by atoms with Crippen LogP contribution in [0.2, 0.25) is 0 Å². The second-order valence-electron chi connectivity index (χ2n) is 4.56. The lowest BCUT2D eigenvalue weighted by atomic mass is 10.2. The van der Waals surface area contributed by atoms with E-state index in [4.69, 9.17) is 16.9 Å². The molecule has 1 aliphatic rings. The van der Waals surface area contributed by atoms with E-state index in [1.165, 1.54) is 6.08 Å². The van der Waals surface area contributed by atoms with Gasteiger partial charge in [0.05, 0.1) is 29.8 Å². The van der Waals surface area contributed by atoms with Crippen molar-refractivity contribution in [3.8, 4) is 6.07 Å². The Morgan fingerprint density at radius 3 is 2.90 bits per heavy atom. The van der Waals surface area contributed by atoms with Crippen LogP contribution in [0, 0.1) is 11.3 Å². The van der Waals surface area contributed by atoms with Gasteiger partial charge in [-0.05, 0) is 19.1 Å². The third kappa shape index (κ3) is 4.90. The summed E-state index contributed by atoms with van der Waals surface area (Å²) in [6, 6.07) is 2.07. The van der Waals surface area contributed by atoms with E-state index in [1.807, 2.05) is 25.2 Å². The minimum absolute atomic E-state index is 0.0444. The Morgan fingerprint density at radius 1 is 1.65 bits per heavy atom. The lowest BCUT2D eigenvalue weighted by Crippen LogP contribution is -2.15. The maximum Gasteiger partial charge on any atom is 0.162 e. The maximum atomic E-state index is 11.6. The number of carbonyl (C=O) groups is 1. The van der Waals surface area contributed by atoms with Crippen LogP contribution < -0.4 is 0 Å². The standard InChI is InChI=1S/C14H17ClN4O/c1-11(9-16)6-13(10-18(2)3)19-5-4-14(20)7-12(8-15)17-19/h4-6,10H,7-8H2,1-3H3. The van der Waals surface area contributed by atoms with E-state index in [1.54, 1.807) is 24.2 Å². The number of hydrogen-bond donors (Lipinski definition) is 0. The Morgan fingerprint density at radius 2 is 2.35 bits per heavy atom. The molecule has 0 aromatic rings. The molecule has 1 aliphatic heterocycles. The number of alkyl halides is 1. The second kappa shape index (κ2) is 7.51. The minimum Gasteiger partial charge on any atom is -0.382 e. The van der Waals surface area contributed by atoms with Crippen LogP contribution in [0.5, 0.6) is 0 Å². The fourth-order valence-corrected chi connectivity index (χ4v) is 1.68. The van der Waals surface area contributed by atoms with E-state index in [0.29, 0.717) is 17.0 Å². The number of rotatable bonds is 4. The number of ketones is 1. The van der Waals surface area contributed by atoms with Crippen LogP contribution >= 0.6 is 11.6 Å². The van der Waals surface area contributed by atoms with Crippen molar-refractivity contribution in [2.45, 2.75) is 13.3 Å². The van der Waals surface area contributed by atoms with Gasteiger partial charge in [-0.3, -0.25) is 4.79 Å². The molecule has 0 aromatic carbocycles. The van der Waals surface area contributed by atoms with Gasteiger partial charge in [-0.2, -0.15) is 10.4 Å². The number of nitriles is 1. The smallest absolute Gasteiger partial charge is 0.162 e. The Labute approximate surface area is 124 Å². The first-order valence-electron chi connectivity index (χ1n) is 6.05. The monoisotopic (exact) mass is 292 g/mol. The summed E-state index contributed by atoms with van der Waals surface area (Å²) in [5.41, 5.74) is 1.82. The van der Waals surface area contributed by atoms with Crippen molar-refractivity contribution < 1.29 is 4.79 Å². The van der Waals surface area contributed by atoms with Crippen molar-refractivity contribution in [2.75, 3.05) is 20.0 Å². The average molecular weight is 293 g/mol. The molecule has 0 atom stereocenters. The molecule has 0 unspecified atom stereocenters. The predicted molar refractivity (Wildman–Crippen MR) is 79.9 cm³/mol. The topological polar surface area (TPSA) is 59.7 Å². The number of hydrazone groups is 1. The van der Waals surface area contributed by atoms with Crippen molar-refractivity contribution in [1.82, 2.24) is 9.91 Å². The Bertz CT molecular complexity index is 538. The van der Waals surface area contributed by atoms with Crippen LogP contribution in [0.3, 0.4) is 0 Å². The van der Waals surface area contributed by atoms with Gasteiger partial charge >= 0.3 is 0 Å². The second-order valence-corrected chi connectivity index (χ2v) is 4.83. The first-order chi connectivity index (χ1) is 9.46. The molecule has 6 heteroatoms. The number of allylic oxidation sites excluding steroid dienone is 3. The summed E-state index contributed by atoms with van der Waals surface area (Å²) < 4.78 is 0. The van der Waals surface area contributed by atoms with Gasteiger partial charge in [-0.15, -0.1) is 11.6 Å². The normalized spacial score (nSPS) is 16.6. The summed E-state index contributed by atoms with van der Waals surface area (Å²) in [7, 11) is 3.74. The van der Waals surface area contributed by atoms with Gasteiger partial charge in [0.25, 0.3) is 0 Å². The summed E-state index contributed by atoms with van der Waals surface area (Å²) in [6.45, 7) is 1.71. The van der Waals surface area contributed by atoms with E-state index in [0.717, 1.165) is 0 Å². The van der Waals surface area contributed by atoms with Gasteiger partial charge in [-0.25, -0.2) is 5.01 Å². The summed E-state index contributed by atoms with van der Waals surface area (Å²) in [6.07, 6.45) is 6.78. The third-order valence-corrected chi connectivity index (χ3v) is 2.69. The molecule has 0 spiro atoms. The molecular formula is C14H17ClN4O. The van der Waals surface area contributed by atoms with Crippen LogP contribution in [0.4, 0.5) is 0 Å². The van der Waals surface area contributed by atoms with Crippen LogP contribution in [-0.2, 0) is 4.79 Å². The van der Waals surface area contributed by atoms with E-state index in [2.05, 4.69) is 11.2 Å². The summed E-state index contributed by atoms with van der Waals surface area (Å²) in [5, 5.41) is 14.8. The zero-order valence-electron chi connectivity index (χ0n) is 11.8. The minimum atomic E-state index is -0.0444. The van der Waals surface area contributed by atoms with E-state index in [9.17, 15) is 4.79 Å². The lowest BCUT2D eigenvalue weighted by molar-refractivity contribution is -0.113. The SMILES string of the molecule is CC(C#N)=CC(=CN(C)C)N1C=CC(=O)CC(CCl)=N1. The fourth-order valence-electron chi connectivity index (χ4n) is 1.53. The molecule has 20 heavy (non-hydrogen) atoms. The highest BCUT2D eigenvalue weighted by molar-refractivity contribution is 6.30. The van der Waals surface area contributed by atoms with E-state index < -0.39 is 0 Å². The largest absolute Gasteiger partial charge is 0.382 e. The Hall–Kier alpha value is -2.06. The number of carbonyl (C=O) groups excluding carboxylic acids is 1. The number of halogens is 1. The molecule has 5 nitrogen and oxygen atoms in total. The van der Waals surface area contributed by atoms with Gasteiger partial charge in [0.2, 0.25) is 0 Å². The van der Waals surface area contributed by atoms with Crippen molar-refractivity contribution in [3.05, 3.63) is 35.8 Å². The van der Waals surface area contributed by atoms with Crippen LogP contribution in [-0.4, -0.2) is 41.4 Å². The molecular weight excluding hydrogens is 276 g/mol. The molecule has 0 amide bonds. The van der Waals surface area contributed by atoms with Crippen molar-refractivity contribution >= 4 is 23.1 Å². The van der Waals surface area contributed by atoms with Gasteiger partial charge in [0.15, 0.2) is 5.78 Å². The molecule has 0 radical (unpaired) electrons. The fraction of sp³-hybridized carbons (Fsp3) is 0.357. The zero-order chi connectivity index (χ0) is 15.1. The summed E-state index contributed by atoms with van der Waals surface area (Å²) in [5.74, 6) is 0.150. The van der Waals surface area contributed by atoms with Crippen molar-refractivity contribution in [1.29, 1.82) is 5.26 Å². The summed E-state index contributed by atoms with van der Waals surface area (Å²) in [4.78, 5) is 13.4. The average Bonchev–Trinajstić information content (AvgIpc) is 2.59. The lowest BCUT2D eigenvalue weighted by Gasteiger charge is -2.18. The molecule has 0 bridgehead atoms. The van der Waals surface area contributed by atoms with Crippen molar-refractivity contribution in [2.24, 2.45) is 5.10 Å². The molecule has 106 valence electrons. The maximum absolute atomic E-state index is 11.6. The Kier molecular flexibility index (Phi) is 6.01. The van der Waals surface area contributed by atoms with Crippen LogP contribution in [0.15, 0.2) is 40.9 Å². The molecule has 0 fully saturated rings. The first-order valence-corrected chi connectivity index (χ1v) is 6.59. The highest BCUT2D eigenvalue weighted by Gasteiger charge is 2.13. The zero-order valence-corrected chi connectivity index (χ0v) is 12.6.